The first-order chi connectivity index (χ1) is 8.49. The van der Waals surface area contributed by atoms with E-state index in [1.807, 2.05) is 26.2 Å². The van der Waals surface area contributed by atoms with Gasteiger partial charge in [0.05, 0.1) is 11.1 Å². The Kier molecular flexibility index (Phi) is 3.43. The van der Waals surface area contributed by atoms with Gasteiger partial charge in [-0.2, -0.15) is 0 Å². The Hall–Kier alpha value is -1.75. The van der Waals surface area contributed by atoms with Crippen LogP contribution in [0.15, 0.2) is 29.9 Å². The Labute approximate surface area is 110 Å². The molecule has 2 heterocycles. The van der Waals surface area contributed by atoms with Gasteiger partial charge in [0.1, 0.15) is 5.01 Å². The zero-order valence-corrected chi connectivity index (χ0v) is 11.4. The van der Waals surface area contributed by atoms with Gasteiger partial charge in [-0.1, -0.05) is 0 Å². The predicted octanol–water partition coefficient (Wildman–Crippen LogP) is 2.51. The van der Waals surface area contributed by atoms with Crippen LogP contribution >= 0.6 is 11.3 Å². The molecule has 0 bridgehead atoms. The minimum absolute atomic E-state index is 0.138. The van der Waals surface area contributed by atoms with Crippen LogP contribution in [0.3, 0.4) is 0 Å². The van der Waals surface area contributed by atoms with Crippen LogP contribution in [-0.2, 0) is 5.54 Å². The van der Waals surface area contributed by atoms with Crippen molar-refractivity contribution < 1.29 is 4.79 Å². The Morgan fingerprint density at radius 3 is 2.78 bits per heavy atom. The van der Waals surface area contributed by atoms with Crippen molar-refractivity contribution in [2.45, 2.75) is 26.3 Å². The van der Waals surface area contributed by atoms with E-state index in [0.29, 0.717) is 5.56 Å². The topological polar surface area (TPSA) is 54.9 Å². The third-order valence-corrected chi connectivity index (χ3v) is 3.79. The maximum Gasteiger partial charge on any atom is 0.253 e. The van der Waals surface area contributed by atoms with Crippen LogP contribution in [0.4, 0.5) is 0 Å². The second-order valence-corrected chi connectivity index (χ2v) is 5.47. The number of amides is 1. The molecule has 0 aliphatic carbocycles. The number of carbonyl (C=O) groups is 1. The molecule has 0 spiro atoms. The van der Waals surface area contributed by atoms with Crippen molar-refractivity contribution in [2.75, 3.05) is 0 Å². The quantitative estimate of drug-likeness (QED) is 0.923. The van der Waals surface area contributed by atoms with Crippen LogP contribution in [-0.4, -0.2) is 15.9 Å². The molecule has 0 radical (unpaired) electrons. The van der Waals surface area contributed by atoms with Gasteiger partial charge < -0.3 is 5.32 Å². The number of nitrogens with one attached hydrogen (secondary N) is 1. The van der Waals surface area contributed by atoms with Gasteiger partial charge in [-0.15, -0.1) is 11.3 Å². The zero-order valence-electron chi connectivity index (χ0n) is 10.6. The number of rotatable bonds is 3. The highest BCUT2D eigenvalue weighted by atomic mass is 32.1. The van der Waals surface area contributed by atoms with Crippen molar-refractivity contribution in [2.24, 2.45) is 0 Å². The van der Waals surface area contributed by atoms with E-state index in [-0.39, 0.29) is 5.91 Å². The molecule has 94 valence electrons. The standard InChI is InChI=1S/C13H15N3OS/c1-9-8-18-12(15-9)13(2,3)16-11(17)10-5-4-6-14-7-10/h4-8H,1-3H3,(H,16,17). The summed E-state index contributed by atoms with van der Waals surface area (Å²) in [5, 5.41) is 5.85. The fourth-order valence-corrected chi connectivity index (χ4v) is 2.42. The van der Waals surface area contributed by atoms with Gasteiger partial charge in [-0.3, -0.25) is 9.78 Å². The van der Waals surface area contributed by atoms with E-state index in [4.69, 9.17) is 0 Å². The maximum absolute atomic E-state index is 12.1. The molecule has 2 aromatic heterocycles. The number of hydrogen-bond donors (Lipinski definition) is 1. The fourth-order valence-electron chi connectivity index (χ4n) is 1.55. The summed E-state index contributed by atoms with van der Waals surface area (Å²) in [6, 6.07) is 3.49. The van der Waals surface area contributed by atoms with Crippen LogP contribution < -0.4 is 5.32 Å². The van der Waals surface area contributed by atoms with Crippen molar-refractivity contribution in [1.82, 2.24) is 15.3 Å². The Morgan fingerprint density at radius 1 is 1.44 bits per heavy atom. The molecule has 5 heteroatoms. The highest BCUT2D eigenvalue weighted by molar-refractivity contribution is 7.09. The number of hydrogen-bond acceptors (Lipinski definition) is 4. The first kappa shape index (κ1) is 12.7. The first-order valence-corrected chi connectivity index (χ1v) is 6.52. The summed E-state index contributed by atoms with van der Waals surface area (Å²) < 4.78 is 0. The number of nitrogens with zero attached hydrogens (tertiary/aromatic N) is 2. The summed E-state index contributed by atoms with van der Waals surface area (Å²) in [5.74, 6) is -0.138. The average Bonchev–Trinajstić information content (AvgIpc) is 2.77. The molecular formula is C13H15N3OS. The van der Waals surface area contributed by atoms with E-state index in [9.17, 15) is 4.79 Å². The minimum atomic E-state index is -0.480. The lowest BCUT2D eigenvalue weighted by Gasteiger charge is -2.23. The molecule has 0 aliphatic rings. The normalized spacial score (nSPS) is 11.3. The highest BCUT2D eigenvalue weighted by Gasteiger charge is 2.26. The molecule has 0 unspecified atom stereocenters. The maximum atomic E-state index is 12.1. The van der Waals surface area contributed by atoms with Crippen molar-refractivity contribution in [3.63, 3.8) is 0 Å². The smallest absolute Gasteiger partial charge is 0.253 e. The van der Waals surface area contributed by atoms with E-state index < -0.39 is 5.54 Å². The van der Waals surface area contributed by atoms with Crippen LogP contribution in [0.2, 0.25) is 0 Å². The molecule has 0 atom stereocenters. The minimum Gasteiger partial charge on any atom is -0.341 e. The number of aryl methyl sites for hydroxylation is 1. The summed E-state index contributed by atoms with van der Waals surface area (Å²) >= 11 is 1.55. The fraction of sp³-hybridized carbons (Fsp3) is 0.308. The first-order valence-electron chi connectivity index (χ1n) is 5.64. The highest BCUT2D eigenvalue weighted by Crippen LogP contribution is 2.24. The van der Waals surface area contributed by atoms with E-state index in [1.54, 1.807) is 35.9 Å². The third kappa shape index (κ3) is 2.73. The van der Waals surface area contributed by atoms with E-state index in [2.05, 4.69) is 15.3 Å². The number of pyridine rings is 1. The van der Waals surface area contributed by atoms with Crippen molar-refractivity contribution in [3.8, 4) is 0 Å². The number of thiazole rings is 1. The van der Waals surface area contributed by atoms with E-state index in [0.717, 1.165) is 10.7 Å². The molecule has 0 fully saturated rings. The summed E-state index contributed by atoms with van der Waals surface area (Å²) in [4.78, 5) is 20.4. The van der Waals surface area contributed by atoms with Crippen molar-refractivity contribution in [3.05, 3.63) is 46.2 Å². The third-order valence-electron chi connectivity index (χ3n) is 2.50. The summed E-state index contributed by atoms with van der Waals surface area (Å²) in [6.45, 7) is 5.83. The molecular weight excluding hydrogens is 246 g/mol. The van der Waals surface area contributed by atoms with Crippen molar-refractivity contribution >= 4 is 17.2 Å². The van der Waals surface area contributed by atoms with Crippen molar-refractivity contribution in [1.29, 1.82) is 0 Å². The molecule has 1 N–H and O–H groups in total. The Balaban J connectivity index is 2.16. The molecule has 2 rings (SSSR count). The molecule has 0 aromatic carbocycles. The van der Waals surface area contributed by atoms with Gasteiger partial charge in [0, 0.05) is 23.5 Å². The van der Waals surface area contributed by atoms with Crippen LogP contribution in [0.25, 0.3) is 0 Å². The van der Waals surface area contributed by atoms with Gasteiger partial charge in [0.2, 0.25) is 0 Å². The van der Waals surface area contributed by atoms with E-state index >= 15 is 0 Å². The molecule has 0 saturated carbocycles. The lowest BCUT2D eigenvalue weighted by molar-refractivity contribution is 0.0911. The van der Waals surface area contributed by atoms with Gasteiger partial charge in [-0.05, 0) is 32.9 Å². The molecule has 4 nitrogen and oxygen atoms in total. The summed E-state index contributed by atoms with van der Waals surface area (Å²) in [5.41, 5.74) is 1.05. The van der Waals surface area contributed by atoms with E-state index in [1.165, 1.54) is 0 Å². The second-order valence-electron chi connectivity index (χ2n) is 4.61. The second kappa shape index (κ2) is 4.86. The Bertz CT molecular complexity index is 548. The van der Waals surface area contributed by atoms with Gasteiger partial charge >= 0.3 is 0 Å². The molecule has 18 heavy (non-hydrogen) atoms. The molecule has 1 amide bonds. The lowest BCUT2D eigenvalue weighted by atomic mass is 10.1. The van der Waals surface area contributed by atoms with Crippen LogP contribution in [0.1, 0.15) is 34.9 Å². The van der Waals surface area contributed by atoms with Crippen LogP contribution in [0.5, 0.6) is 0 Å². The van der Waals surface area contributed by atoms with Gasteiger partial charge in [-0.25, -0.2) is 4.98 Å². The number of carbonyl (C=O) groups excluding carboxylic acids is 1. The van der Waals surface area contributed by atoms with Crippen LogP contribution in [0, 0.1) is 6.92 Å². The van der Waals surface area contributed by atoms with Gasteiger partial charge in [0.15, 0.2) is 0 Å². The molecule has 2 aromatic rings. The molecule has 0 aliphatic heterocycles. The number of aromatic nitrogens is 2. The lowest BCUT2D eigenvalue weighted by Crippen LogP contribution is -2.41. The predicted molar refractivity (Wildman–Crippen MR) is 71.6 cm³/mol. The summed E-state index contributed by atoms with van der Waals surface area (Å²) in [7, 11) is 0. The largest absolute Gasteiger partial charge is 0.341 e. The molecule has 0 saturated heterocycles. The van der Waals surface area contributed by atoms with Gasteiger partial charge in [0.25, 0.3) is 5.91 Å². The Morgan fingerprint density at radius 2 is 2.22 bits per heavy atom. The summed E-state index contributed by atoms with van der Waals surface area (Å²) in [6.07, 6.45) is 3.20. The monoisotopic (exact) mass is 261 g/mol. The SMILES string of the molecule is Cc1csc(C(C)(C)NC(=O)c2cccnc2)n1. The average molecular weight is 261 g/mol. The zero-order chi connectivity index (χ0) is 13.2.